The van der Waals surface area contributed by atoms with E-state index in [1.165, 1.54) is 4.90 Å². The zero-order valence-corrected chi connectivity index (χ0v) is 21.8. The Kier molecular flexibility index (Phi) is 6.03. The molecule has 2 aromatic carbocycles. The van der Waals surface area contributed by atoms with Crippen molar-refractivity contribution >= 4 is 60.7 Å². The van der Waals surface area contributed by atoms with Crippen molar-refractivity contribution in [1.29, 1.82) is 0 Å². The van der Waals surface area contributed by atoms with E-state index < -0.39 is 0 Å². The molecule has 36 heavy (non-hydrogen) atoms. The predicted octanol–water partition coefficient (Wildman–Crippen LogP) is 4.09. The summed E-state index contributed by atoms with van der Waals surface area (Å²) < 4.78 is 3.10. The fraction of sp³-hybridized carbons (Fsp3) is 0.286. The average molecular weight is 546 g/mol. The van der Waals surface area contributed by atoms with E-state index in [1.807, 2.05) is 48.8 Å². The van der Waals surface area contributed by atoms with E-state index in [1.54, 1.807) is 0 Å². The van der Waals surface area contributed by atoms with Crippen LogP contribution in [0.15, 0.2) is 59.3 Å². The van der Waals surface area contributed by atoms with E-state index in [-0.39, 0.29) is 11.8 Å². The Hall–Kier alpha value is -3.20. The molecule has 0 saturated carbocycles. The van der Waals surface area contributed by atoms with Crippen LogP contribution in [-0.2, 0) is 16.1 Å². The number of hydrogen-bond acceptors (Lipinski definition) is 4. The van der Waals surface area contributed by atoms with Gasteiger partial charge >= 0.3 is 0 Å². The third kappa shape index (κ3) is 3.80. The average Bonchev–Trinajstić information content (AvgIpc) is 3.55. The number of aromatic amines is 1. The monoisotopic (exact) mass is 545 g/mol. The van der Waals surface area contributed by atoms with Gasteiger partial charge in [-0.25, -0.2) is 0 Å². The maximum Gasteiger partial charge on any atom is 0.262 e. The SMILES string of the molecule is CCn1cc(C2=C(c3c[nH]c4cc(Br)ccc34)C(=O)N(CCN3CCNCC3)C2=O)c2ccccc21. The third-order valence-corrected chi connectivity index (χ3v) is 7.82. The number of piperazine rings is 1. The number of hydrogen-bond donors (Lipinski definition) is 2. The van der Waals surface area contributed by atoms with Gasteiger partial charge in [0, 0.05) is 95.6 Å². The first-order valence-corrected chi connectivity index (χ1v) is 13.2. The molecule has 2 aromatic heterocycles. The Morgan fingerprint density at radius 2 is 1.67 bits per heavy atom. The quantitative estimate of drug-likeness (QED) is 0.358. The Bertz CT molecular complexity index is 1530. The van der Waals surface area contributed by atoms with Gasteiger partial charge in [0.2, 0.25) is 0 Å². The van der Waals surface area contributed by atoms with Crippen molar-refractivity contribution in [2.24, 2.45) is 0 Å². The second-order valence-electron chi connectivity index (χ2n) is 9.34. The van der Waals surface area contributed by atoms with Crippen LogP contribution in [0.25, 0.3) is 33.0 Å². The summed E-state index contributed by atoms with van der Waals surface area (Å²) in [5.74, 6) is -0.433. The van der Waals surface area contributed by atoms with Crippen LogP contribution in [-0.4, -0.2) is 70.4 Å². The first-order valence-electron chi connectivity index (χ1n) is 12.5. The normalized spacial score (nSPS) is 17.3. The molecule has 2 N–H and O–H groups in total. The molecule has 2 aliphatic rings. The molecule has 0 aliphatic carbocycles. The van der Waals surface area contributed by atoms with Gasteiger partial charge in [0.25, 0.3) is 11.8 Å². The number of nitrogens with zero attached hydrogens (tertiary/aromatic N) is 3. The number of halogens is 1. The number of aryl methyl sites for hydroxylation is 1. The molecule has 0 radical (unpaired) electrons. The standard InChI is InChI=1S/C28H28BrN5O2/c1-2-33-17-22(20-5-3-4-6-24(20)33)26-25(21-16-31-23-15-18(29)7-8-19(21)23)27(35)34(28(26)36)14-13-32-11-9-30-10-12-32/h3-8,15-17,30-31H,2,9-14H2,1H3. The second-order valence-corrected chi connectivity index (χ2v) is 10.3. The number of H-pyrrole nitrogens is 1. The van der Waals surface area contributed by atoms with Crippen LogP contribution in [0.1, 0.15) is 18.1 Å². The minimum Gasteiger partial charge on any atom is -0.361 e. The van der Waals surface area contributed by atoms with Gasteiger partial charge in [-0.2, -0.15) is 0 Å². The summed E-state index contributed by atoms with van der Waals surface area (Å²) in [7, 11) is 0. The highest BCUT2D eigenvalue weighted by Gasteiger charge is 2.41. The van der Waals surface area contributed by atoms with Crippen molar-refractivity contribution in [3.8, 4) is 0 Å². The van der Waals surface area contributed by atoms with Gasteiger partial charge in [-0.15, -0.1) is 0 Å². The van der Waals surface area contributed by atoms with Gasteiger partial charge in [0.05, 0.1) is 11.1 Å². The highest BCUT2D eigenvalue weighted by molar-refractivity contribution is 9.10. The van der Waals surface area contributed by atoms with Gasteiger partial charge < -0.3 is 14.9 Å². The summed E-state index contributed by atoms with van der Waals surface area (Å²) in [6.07, 6.45) is 3.88. The minimum atomic E-state index is -0.220. The Balaban J connectivity index is 1.50. The second kappa shape index (κ2) is 9.35. The van der Waals surface area contributed by atoms with E-state index in [0.717, 1.165) is 70.1 Å². The Morgan fingerprint density at radius 1 is 0.917 bits per heavy atom. The molecule has 0 spiro atoms. The van der Waals surface area contributed by atoms with Crippen LogP contribution < -0.4 is 5.32 Å². The number of aromatic nitrogens is 2. The number of amides is 2. The van der Waals surface area contributed by atoms with Crippen molar-refractivity contribution in [3.63, 3.8) is 0 Å². The topological polar surface area (TPSA) is 73.4 Å². The molecule has 6 rings (SSSR count). The molecule has 1 fully saturated rings. The summed E-state index contributed by atoms with van der Waals surface area (Å²) in [5.41, 5.74) is 4.53. The first kappa shape index (κ1) is 23.2. The first-order chi connectivity index (χ1) is 17.6. The fourth-order valence-corrected chi connectivity index (χ4v) is 5.83. The lowest BCUT2D eigenvalue weighted by Gasteiger charge is -2.28. The highest BCUT2D eigenvalue weighted by Crippen LogP contribution is 2.41. The molecule has 1 saturated heterocycles. The van der Waals surface area contributed by atoms with E-state index in [0.29, 0.717) is 24.2 Å². The predicted molar refractivity (Wildman–Crippen MR) is 146 cm³/mol. The van der Waals surface area contributed by atoms with Gasteiger partial charge in [0.15, 0.2) is 0 Å². The Labute approximate surface area is 217 Å². The van der Waals surface area contributed by atoms with Crippen molar-refractivity contribution in [3.05, 3.63) is 70.5 Å². The molecular formula is C28H28BrN5O2. The highest BCUT2D eigenvalue weighted by atomic mass is 79.9. The summed E-state index contributed by atoms with van der Waals surface area (Å²) in [6.45, 7) is 7.62. The Morgan fingerprint density at radius 3 is 2.44 bits per heavy atom. The largest absolute Gasteiger partial charge is 0.361 e. The van der Waals surface area contributed by atoms with Gasteiger partial charge in [0.1, 0.15) is 0 Å². The smallest absolute Gasteiger partial charge is 0.262 e. The molecule has 184 valence electrons. The number of para-hydroxylation sites is 1. The molecule has 0 bridgehead atoms. The lowest BCUT2D eigenvalue weighted by Crippen LogP contribution is -2.47. The van der Waals surface area contributed by atoms with Gasteiger partial charge in [-0.3, -0.25) is 19.4 Å². The third-order valence-electron chi connectivity index (χ3n) is 7.33. The number of fused-ring (bicyclic) bond motifs is 2. The van der Waals surface area contributed by atoms with Crippen molar-refractivity contribution in [2.75, 3.05) is 39.3 Å². The lowest BCUT2D eigenvalue weighted by atomic mass is 9.95. The van der Waals surface area contributed by atoms with Gasteiger partial charge in [-0.1, -0.05) is 40.2 Å². The number of imide groups is 1. The van der Waals surface area contributed by atoms with E-state index >= 15 is 0 Å². The molecule has 4 aromatic rings. The van der Waals surface area contributed by atoms with Crippen LogP contribution in [0.5, 0.6) is 0 Å². The molecule has 2 aliphatic heterocycles. The van der Waals surface area contributed by atoms with Crippen molar-refractivity contribution < 1.29 is 9.59 Å². The molecule has 2 amide bonds. The maximum absolute atomic E-state index is 14.0. The van der Waals surface area contributed by atoms with E-state index in [4.69, 9.17) is 0 Å². The summed E-state index contributed by atoms with van der Waals surface area (Å²) >= 11 is 3.53. The summed E-state index contributed by atoms with van der Waals surface area (Å²) in [6, 6.07) is 14.0. The maximum atomic E-state index is 14.0. The molecule has 0 atom stereocenters. The summed E-state index contributed by atoms with van der Waals surface area (Å²) in [4.78, 5) is 35.0. The number of carbonyl (C=O) groups excluding carboxylic acids is 2. The van der Waals surface area contributed by atoms with Crippen molar-refractivity contribution in [2.45, 2.75) is 13.5 Å². The van der Waals surface area contributed by atoms with Crippen LogP contribution in [0.2, 0.25) is 0 Å². The minimum absolute atomic E-state index is 0.212. The van der Waals surface area contributed by atoms with Crippen LogP contribution in [0.3, 0.4) is 0 Å². The van der Waals surface area contributed by atoms with Gasteiger partial charge in [-0.05, 0) is 25.1 Å². The molecule has 8 heteroatoms. The number of nitrogens with one attached hydrogen (secondary N) is 2. The number of benzene rings is 2. The zero-order valence-electron chi connectivity index (χ0n) is 20.2. The molecule has 7 nitrogen and oxygen atoms in total. The van der Waals surface area contributed by atoms with Crippen molar-refractivity contribution in [1.82, 2.24) is 24.7 Å². The molecule has 0 unspecified atom stereocenters. The number of rotatable bonds is 6. The fourth-order valence-electron chi connectivity index (χ4n) is 5.47. The van der Waals surface area contributed by atoms with E-state index in [9.17, 15) is 9.59 Å². The zero-order chi connectivity index (χ0) is 24.8. The summed E-state index contributed by atoms with van der Waals surface area (Å²) in [5, 5.41) is 5.27. The number of carbonyl (C=O) groups is 2. The lowest BCUT2D eigenvalue weighted by molar-refractivity contribution is -0.136. The van der Waals surface area contributed by atoms with Crippen LogP contribution in [0.4, 0.5) is 0 Å². The molecular weight excluding hydrogens is 518 g/mol. The van der Waals surface area contributed by atoms with Crippen LogP contribution >= 0.6 is 15.9 Å². The van der Waals surface area contributed by atoms with E-state index in [2.05, 4.69) is 48.7 Å². The van der Waals surface area contributed by atoms with Crippen LogP contribution in [0, 0.1) is 0 Å². The molecule has 4 heterocycles.